The Balaban J connectivity index is 1.45. The number of amides is 2. The molecule has 0 radical (unpaired) electrons. The van der Waals surface area contributed by atoms with Crippen LogP contribution in [0.5, 0.6) is 0 Å². The highest BCUT2D eigenvalue weighted by Crippen LogP contribution is 2.41. The van der Waals surface area contributed by atoms with E-state index < -0.39 is 0 Å². The van der Waals surface area contributed by atoms with Crippen molar-refractivity contribution in [3.8, 4) is 11.3 Å². The zero-order valence-electron chi connectivity index (χ0n) is 16.5. The molecule has 4 aromatic rings. The van der Waals surface area contributed by atoms with Crippen molar-refractivity contribution in [1.29, 1.82) is 0 Å². The van der Waals surface area contributed by atoms with Crippen molar-refractivity contribution >= 4 is 28.6 Å². The normalized spacial score (nSPS) is 15.0. The molecule has 1 aliphatic heterocycles. The third kappa shape index (κ3) is 3.06. The zero-order chi connectivity index (χ0) is 20.9. The number of benzene rings is 2. The third-order valence-corrected chi connectivity index (χ3v) is 5.81. The number of nitrogens with one attached hydrogen (secondary N) is 2. The molecule has 2 aromatic carbocycles. The number of hydrogen-bond acceptors (Lipinski definition) is 5. The lowest BCUT2D eigenvalue weighted by Crippen LogP contribution is -2.14. The van der Waals surface area contributed by atoms with Crippen LogP contribution in [0.25, 0.3) is 22.4 Å². The maximum atomic E-state index is 13.4. The number of fused-ring (bicyclic) bond motifs is 2. The van der Waals surface area contributed by atoms with E-state index in [1.807, 2.05) is 48.5 Å². The van der Waals surface area contributed by atoms with Crippen LogP contribution in [0, 0.1) is 0 Å². The monoisotopic (exact) mass is 410 g/mol. The van der Waals surface area contributed by atoms with E-state index in [2.05, 4.69) is 20.8 Å². The molecule has 3 heterocycles. The van der Waals surface area contributed by atoms with E-state index in [0.29, 0.717) is 46.1 Å². The Kier molecular flexibility index (Phi) is 3.89. The Bertz CT molecular complexity index is 1360. The van der Waals surface area contributed by atoms with Crippen LogP contribution in [0.2, 0.25) is 0 Å². The van der Waals surface area contributed by atoms with Crippen LogP contribution in [0.4, 0.5) is 5.69 Å². The first-order valence-electron chi connectivity index (χ1n) is 10.3. The van der Waals surface area contributed by atoms with Gasteiger partial charge in [0.05, 0.1) is 10.9 Å². The van der Waals surface area contributed by atoms with Gasteiger partial charge in [-0.3, -0.25) is 9.59 Å². The van der Waals surface area contributed by atoms with E-state index in [1.165, 1.54) is 0 Å². The first kappa shape index (κ1) is 17.8. The van der Waals surface area contributed by atoms with Crippen molar-refractivity contribution in [2.24, 2.45) is 0 Å². The topological polar surface area (TPSA) is 97.1 Å². The van der Waals surface area contributed by atoms with Gasteiger partial charge < -0.3 is 15.2 Å². The molecule has 0 bridgehead atoms. The van der Waals surface area contributed by atoms with Crippen molar-refractivity contribution in [1.82, 2.24) is 15.5 Å². The molecule has 152 valence electrons. The lowest BCUT2D eigenvalue weighted by molar-refractivity contribution is 0.0964. The fraction of sp³-hybridized carbons (Fsp3) is 0.167. The summed E-state index contributed by atoms with van der Waals surface area (Å²) < 4.78 is 5.54. The number of nitrogens with zero attached hydrogens (tertiary/aromatic N) is 2. The maximum Gasteiger partial charge on any atom is 0.259 e. The first-order valence-corrected chi connectivity index (χ1v) is 10.3. The van der Waals surface area contributed by atoms with Crippen LogP contribution < -0.4 is 10.6 Å². The van der Waals surface area contributed by atoms with Crippen molar-refractivity contribution in [3.05, 3.63) is 77.0 Å². The van der Waals surface area contributed by atoms with Gasteiger partial charge in [-0.1, -0.05) is 41.6 Å². The first-order chi connectivity index (χ1) is 15.2. The molecule has 2 amide bonds. The third-order valence-electron chi connectivity index (χ3n) is 5.81. The molecule has 2 aromatic heterocycles. The minimum atomic E-state index is -0.284. The molecule has 7 heteroatoms. The Labute approximate surface area is 177 Å². The van der Waals surface area contributed by atoms with Gasteiger partial charge in [-0.15, -0.1) is 0 Å². The van der Waals surface area contributed by atoms with Crippen LogP contribution in [0.15, 0.2) is 59.1 Å². The molecule has 2 aliphatic rings. The Morgan fingerprint density at radius 2 is 1.94 bits per heavy atom. The molecule has 1 aliphatic carbocycles. The van der Waals surface area contributed by atoms with Gasteiger partial charge in [0.25, 0.3) is 17.5 Å². The van der Waals surface area contributed by atoms with Gasteiger partial charge in [0, 0.05) is 35.0 Å². The quantitative estimate of drug-likeness (QED) is 0.524. The standard InChI is InChI=1S/C24H18N4O3/c29-22-17-10-16(9-8-15(17)12-25-22)26-23(30)18-11-19(13-6-7-13)27-24-20(18)21(28-31-24)14-4-2-1-3-5-14/h1-5,8-11,13H,6-7,12H2,(H,25,29)(H,26,30). The number of carbonyl (C=O) groups excluding carboxylic acids is 2. The summed E-state index contributed by atoms with van der Waals surface area (Å²) in [5.41, 5.74) is 5.20. The van der Waals surface area contributed by atoms with Crippen molar-refractivity contribution < 1.29 is 14.1 Å². The van der Waals surface area contributed by atoms with Crippen molar-refractivity contribution in [2.75, 3.05) is 5.32 Å². The Hall–Kier alpha value is -4.00. The molecule has 0 atom stereocenters. The number of hydrogen-bond donors (Lipinski definition) is 2. The zero-order valence-corrected chi connectivity index (χ0v) is 16.5. The van der Waals surface area contributed by atoms with Crippen LogP contribution in [0.1, 0.15) is 50.7 Å². The lowest BCUT2D eigenvalue weighted by atomic mass is 10.0. The van der Waals surface area contributed by atoms with Gasteiger partial charge in [0.15, 0.2) is 0 Å². The summed E-state index contributed by atoms with van der Waals surface area (Å²) in [7, 11) is 0. The average molecular weight is 410 g/mol. The van der Waals surface area contributed by atoms with E-state index in [1.54, 1.807) is 6.07 Å². The minimum Gasteiger partial charge on any atom is -0.348 e. The van der Waals surface area contributed by atoms with Gasteiger partial charge in [-0.2, -0.15) is 0 Å². The van der Waals surface area contributed by atoms with E-state index >= 15 is 0 Å². The maximum absolute atomic E-state index is 13.4. The van der Waals surface area contributed by atoms with Crippen LogP contribution >= 0.6 is 0 Å². The highest BCUT2D eigenvalue weighted by Gasteiger charge is 2.29. The molecule has 1 fully saturated rings. The summed E-state index contributed by atoms with van der Waals surface area (Å²) in [5, 5.41) is 10.5. The van der Waals surface area contributed by atoms with Crippen molar-refractivity contribution in [2.45, 2.75) is 25.3 Å². The number of carbonyl (C=O) groups is 2. The summed E-state index contributed by atoms with van der Waals surface area (Å²) in [6.45, 7) is 0.513. The number of aromatic nitrogens is 2. The second-order valence-electron chi connectivity index (χ2n) is 7.96. The molecule has 1 saturated carbocycles. The van der Waals surface area contributed by atoms with Gasteiger partial charge in [-0.25, -0.2) is 4.98 Å². The molecule has 7 nitrogen and oxygen atoms in total. The predicted molar refractivity (Wildman–Crippen MR) is 115 cm³/mol. The smallest absolute Gasteiger partial charge is 0.259 e. The summed E-state index contributed by atoms with van der Waals surface area (Å²) >= 11 is 0. The van der Waals surface area contributed by atoms with E-state index in [4.69, 9.17) is 4.52 Å². The second-order valence-corrected chi connectivity index (χ2v) is 7.96. The van der Waals surface area contributed by atoms with E-state index in [9.17, 15) is 9.59 Å². The second kappa shape index (κ2) is 6.77. The van der Waals surface area contributed by atoms with Gasteiger partial charge in [0.1, 0.15) is 5.69 Å². The fourth-order valence-corrected chi connectivity index (χ4v) is 4.02. The Morgan fingerprint density at radius 3 is 2.74 bits per heavy atom. The number of rotatable bonds is 4. The molecule has 6 rings (SSSR count). The summed E-state index contributed by atoms with van der Waals surface area (Å²) in [6.07, 6.45) is 2.11. The van der Waals surface area contributed by atoms with E-state index in [-0.39, 0.29) is 11.8 Å². The van der Waals surface area contributed by atoms with Gasteiger partial charge >= 0.3 is 0 Å². The summed E-state index contributed by atoms with van der Waals surface area (Å²) in [5.74, 6) is -0.0585. The summed E-state index contributed by atoms with van der Waals surface area (Å²) in [4.78, 5) is 30.0. The van der Waals surface area contributed by atoms with Gasteiger partial charge in [-0.05, 0) is 36.6 Å². The lowest BCUT2D eigenvalue weighted by Gasteiger charge is -2.09. The fourth-order valence-electron chi connectivity index (χ4n) is 4.02. The number of pyridine rings is 1. The predicted octanol–water partition coefficient (Wildman–Crippen LogP) is 4.26. The molecule has 0 spiro atoms. The minimum absolute atomic E-state index is 0.126. The SMILES string of the molecule is O=C1NCc2ccc(NC(=O)c3cc(C4CC4)nc4onc(-c5ccccc5)c34)cc21. The molecule has 2 N–H and O–H groups in total. The van der Waals surface area contributed by atoms with Crippen LogP contribution in [-0.2, 0) is 6.54 Å². The van der Waals surface area contributed by atoms with E-state index in [0.717, 1.165) is 29.7 Å². The van der Waals surface area contributed by atoms with Crippen LogP contribution in [-0.4, -0.2) is 22.0 Å². The average Bonchev–Trinajstić information content (AvgIpc) is 3.47. The molecule has 0 unspecified atom stereocenters. The molecular formula is C24H18N4O3. The molecular weight excluding hydrogens is 392 g/mol. The molecule has 0 saturated heterocycles. The molecule has 31 heavy (non-hydrogen) atoms. The Morgan fingerprint density at radius 1 is 1.10 bits per heavy atom. The highest BCUT2D eigenvalue weighted by molar-refractivity contribution is 6.15. The number of anilines is 1. The van der Waals surface area contributed by atoms with Crippen molar-refractivity contribution in [3.63, 3.8) is 0 Å². The van der Waals surface area contributed by atoms with Crippen LogP contribution in [0.3, 0.4) is 0 Å². The summed E-state index contributed by atoms with van der Waals surface area (Å²) in [6, 6.07) is 16.8. The largest absolute Gasteiger partial charge is 0.348 e. The highest BCUT2D eigenvalue weighted by atomic mass is 16.5. The van der Waals surface area contributed by atoms with Gasteiger partial charge in [0.2, 0.25) is 0 Å².